The molecule has 4 rings (SSSR count). The van der Waals surface area contributed by atoms with Crippen molar-refractivity contribution in [3.05, 3.63) is 77.1 Å². The molecule has 3 nitrogen and oxygen atoms in total. The van der Waals surface area contributed by atoms with Crippen LogP contribution in [0.1, 0.15) is 11.1 Å². The van der Waals surface area contributed by atoms with Crippen LogP contribution in [-0.4, -0.2) is 9.97 Å². The van der Waals surface area contributed by atoms with E-state index in [1.54, 1.807) is 18.5 Å². The van der Waals surface area contributed by atoms with E-state index in [0.717, 1.165) is 22.6 Å². The van der Waals surface area contributed by atoms with E-state index in [2.05, 4.69) is 9.97 Å². The summed E-state index contributed by atoms with van der Waals surface area (Å²) in [4.78, 5) is 9.22. The van der Waals surface area contributed by atoms with Crippen LogP contribution in [0, 0.1) is 0 Å². The number of fused-ring (bicyclic) bond motifs is 1. The average Bonchev–Trinajstić information content (AvgIpc) is 3.10. The Bertz CT molecular complexity index is 1130. The van der Waals surface area contributed by atoms with Gasteiger partial charge in [0.2, 0.25) is 5.89 Å². The molecule has 2 aromatic heterocycles. The van der Waals surface area contributed by atoms with Crippen LogP contribution in [0.15, 0.2) is 70.2 Å². The fraction of sp³-hybridized carbons (Fsp3) is 0.100. The summed E-state index contributed by atoms with van der Waals surface area (Å²) in [7, 11) is 0. The number of hydrogen-bond donors (Lipinski definition) is 0. The molecule has 0 atom stereocenters. The Kier molecular flexibility index (Phi) is 5.03. The van der Waals surface area contributed by atoms with E-state index in [1.165, 1.54) is 17.8 Å². The number of thioether (sulfide) groups is 1. The van der Waals surface area contributed by atoms with Crippen LogP contribution in [0.5, 0.6) is 0 Å². The summed E-state index contributed by atoms with van der Waals surface area (Å²) in [5.74, 6) is 0.934. The molecule has 0 amide bonds. The second kappa shape index (κ2) is 7.48. The van der Waals surface area contributed by atoms with Crippen molar-refractivity contribution in [1.82, 2.24) is 9.97 Å². The summed E-state index contributed by atoms with van der Waals surface area (Å²) in [6.07, 6.45) is -1.15. The summed E-state index contributed by atoms with van der Waals surface area (Å²) in [5, 5.41) is 0.667. The lowest BCUT2D eigenvalue weighted by atomic mass is 10.2. The number of oxazole rings is 1. The van der Waals surface area contributed by atoms with Gasteiger partial charge in [-0.15, -0.1) is 11.8 Å². The molecule has 0 aliphatic carbocycles. The Morgan fingerprint density at radius 3 is 2.57 bits per heavy atom. The maximum absolute atomic E-state index is 12.9. The first-order valence-electron chi connectivity index (χ1n) is 8.19. The Morgan fingerprint density at radius 1 is 1.04 bits per heavy atom. The van der Waals surface area contributed by atoms with Crippen molar-refractivity contribution < 1.29 is 17.6 Å². The molecular weight excluding hydrogens is 409 g/mol. The maximum Gasteiger partial charge on any atom is 0.416 e. The highest BCUT2D eigenvalue weighted by molar-refractivity contribution is 7.98. The maximum atomic E-state index is 12.9. The summed E-state index contributed by atoms with van der Waals surface area (Å²) in [6.45, 7) is 0. The third kappa shape index (κ3) is 4.00. The zero-order chi connectivity index (χ0) is 19.7. The van der Waals surface area contributed by atoms with Crippen LogP contribution in [-0.2, 0) is 11.9 Å². The van der Waals surface area contributed by atoms with E-state index in [9.17, 15) is 13.2 Å². The van der Waals surface area contributed by atoms with E-state index in [4.69, 9.17) is 16.0 Å². The number of pyridine rings is 1. The lowest BCUT2D eigenvalue weighted by Gasteiger charge is -2.06. The predicted molar refractivity (Wildman–Crippen MR) is 103 cm³/mol. The topological polar surface area (TPSA) is 38.9 Å². The fourth-order valence-corrected chi connectivity index (χ4v) is 3.72. The van der Waals surface area contributed by atoms with Gasteiger partial charge in [0.1, 0.15) is 5.52 Å². The molecule has 0 radical (unpaired) electrons. The minimum absolute atomic E-state index is 0.162. The predicted octanol–water partition coefficient (Wildman–Crippen LogP) is 6.85. The third-order valence-corrected chi connectivity index (χ3v) is 5.40. The lowest BCUT2D eigenvalue weighted by molar-refractivity contribution is -0.137. The molecule has 2 aromatic carbocycles. The molecule has 0 aliphatic rings. The van der Waals surface area contributed by atoms with Crippen molar-refractivity contribution in [2.24, 2.45) is 0 Å². The number of nitrogens with zero attached hydrogens (tertiary/aromatic N) is 2. The molecule has 0 unspecified atom stereocenters. The highest BCUT2D eigenvalue weighted by atomic mass is 35.5. The first-order valence-corrected chi connectivity index (χ1v) is 9.56. The summed E-state index contributed by atoms with van der Waals surface area (Å²) in [6, 6.07) is 12.5. The second-order valence-corrected chi connectivity index (χ2v) is 7.44. The number of alkyl halides is 3. The van der Waals surface area contributed by atoms with E-state index in [0.29, 0.717) is 21.9 Å². The molecule has 0 fully saturated rings. The number of hydrogen-bond acceptors (Lipinski definition) is 4. The van der Waals surface area contributed by atoms with Gasteiger partial charge in [-0.3, -0.25) is 4.98 Å². The molecule has 0 aliphatic heterocycles. The van der Waals surface area contributed by atoms with Gasteiger partial charge in [0.25, 0.3) is 0 Å². The van der Waals surface area contributed by atoms with Gasteiger partial charge < -0.3 is 4.42 Å². The van der Waals surface area contributed by atoms with Gasteiger partial charge in [-0.1, -0.05) is 23.7 Å². The summed E-state index contributed by atoms with van der Waals surface area (Å²) >= 11 is 7.44. The van der Waals surface area contributed by atoms with E-state index in [1.807, 2.05) is 24.3 Å². The normalized spacial score (nSPS) is 11.9. The molecule has 0 saturated carbocycles. The minimum atomic E-state index is -4.43. The first kappa shape index (κ1) is 18.8. The van der Waals surface area contributed by atoms with Gasteiger partial charge in [0, 0.05) is 28.1 Å². The van der Waals surface area contributed by atoms with Crippen LogP contribution in [0.25, 0.3) is 22.6 Å². The van der Waals surface area contributed by atoms with Gasteiger partial charge in [-0.2, -0.15) is 13.2 Å². The van der Waals surface area contributed by atoms with Crippen molar-refractivity contribution >= 4 is 34.5 Å². The molecule has 142 valence electrons. The Labute approximate surface area is 167 Å². The fourth-order valence-electron chi connectivity index (χ4n) is 2.63. The van der Waals surface area contributed by atoms with Crippen molar-refractivity contribution in [1.29, 1.82) is 0 Å². The zero-order valence-electron chi connectivity index (χ0n) is 14.2. The van der Waals surface area contributed by atoms with Crippen molar-refractivity contribution in [3.8, 4) is 11.5 Å². The van der Waals surface area contributed by atoms with Crippen LogP contribution in [0.3, 0.4) is 0 Å². The Balaban J connectivity index is 1.64. The van der Waals surface area contributed by atoms with Gasteiger partial charge in [0.15, 0.2) is 5.58 Å². The Morgan fingerprint density at radius 2 is 1.82 bits per heavy atom. The van der Waals surface area contributed by atoms with Crippen LogP contribution in [0.2, 0.25) is 5.02 Å². The zero-order valence-corrected chi connectivity index (χ0v) is 15.8. The highest BCUT2D eigenvalue weighted by Gasteiger charge is 2.31. The molecule has 28 heavy (non-hydrogen) atoms. The quantitative estimate of drug-likeness (QED) is 0.338. The van der Waals surface area contributed by atoms with Crippen molar-refractivity contribution in [2.45, 2.75) is 16.8 Å². The largest absolute Gasteiger partial charge is 0.436 e. The van der Waals surface area contributed by atoms with Crippen molar-refractivity contribution in [2.75, 3.05) is 0 Å². The highest BCUT2D eigenvalue weighted by Crippen LogP contribution is 2.36. The van der Waals surface area contributed by atoms with Crippen LogP contribution >= 0.6 is 23.4 Å². The van der Waals surface area contributed by atoms with Gasteiger partial charge in [0.05, 0.1) is 11.1 Å². The number of benzene rings is 2. The van der Waals surface area contributed by atoms with E-state index in [-0.39, 0.29) is 11.4 Å². The lowest BCUT2D eigenvalue weighted by Crippen LogP contribution is -2.03. The Hall–Kier alpha value is -2.51. The van der Waals surface area contributed by atoms with E-state index < -0.39 is 11.7 Å². The monoisotopic (exact) mass is 420 g/mol. The molecule has 2 heterocycles. The molecule has 4 aromatic rings. The number of aromatic nitrogens is 2. The molecular formula is C20H12ClF3N2OS. The molecule has 0 bridgehead atoms. The van der Waals surface area contributed by atoms with Gasteiger partial charge >= 0.3 is 6.18 Å². The van der Waals surface area contributed by atoms with E-state index >= 15 is 0 Å². The van der Waals surface area contributed by atoms with Crippen LogP contribution in [0.4, 0.5) is 13.2 Å². The number of rotatable bonds is 4. The molecule has 0 spiro atoms. The molecule has 0 saturated heterocycles. The first-order chi connectivity index (χ1) is 13.4. The van der Waals surface area contributed by atoms with Gasteiger partial charge in [-0.05, 0) is 42.0 Å². The standard InChI is InChI=1S/C20H12ClF3N2OS/c21-14-4-1-12(2-5-14)11-28-18-10-25-8-7-15(18)19-26-16-9-13(20(22,23)24)3-6-17(16)27-19/h1-10H,11H2. The summed E-state index contributed by atoms with van der Waals surface area (Å²) < 4.78 is 44.4. The molecule has 8 heteroatoms. The third-order valence-electron chi connectivity index (χ3n) is 4.04. The smallest absolute Gasteiger partial charge is 0.416 e. The number of halogens is 4. The summed E-state index contributed by atoms with van der Waals surface area (Å²) in [5.41, 5.74) is 1.46. The van der Waals surface area contributed by atoms with Gasteiger partial charge in [-0.25, -0.2) is 4.98 Å². The van der Waals surface area contributed by atoms with Crippen molar-refractivity contribution in [3.63, 3.8) is 0 Å². The average molecular weight is 421 g/mol. The second-order valence-electron chi connectivity index (χ2n) is 5.99. The van der Waals surface area contributed by atoms with Crippen LogP contribution < -0.4 is 0 Å². The SMILES string of the molecule is FC(F)(F)c1ccc2oc(-c3ccncc3SCc3ccc(Cl)cc3)nc2c1. The molecule has 0 N–H and O–H groups in total. The minimum Gasteiger partial charge on any atom is -0.436 e.